The minimum atomic E-state index is -3.53. The van der Waals surface area contributed by atoms with E-state index in [-0.39, 0.29) is 85.6 Å². The maximum Gasteiger partial charge on any atom is 0.361 e. The largest absolute Gasteiger partial charge is 0.481 e. The number of fused-ring (bicyclic) bond motifs is 2. The summed E-state index contributed by atoms with van der Waals surface area (Å²) in [6.45, 7) is 7.87. The molecule has 0 N–H and O–H groups in total. The molecule has 0 bridgehead atoms. The SMILES string of the molecule is CCOC(=O)c1nc2n(c(=O)c1OCc1ccccc1)CCS(=O)(=O)C2(C)C.CCOC(=O)c1nc2n(c(=O)c1OCc1ccccc1)CCS(=O)(=O)C2C. The lowest BCUT2D eigenvalue weighted by Gasteiger charge is -2.32. The summed E-state index contributed by atoms with van der Waals surface area (Å²) in [6.07, 6.45) is 0. The molecule has 4 heterocycles. The first-order valence-electron chi connectivity index (χ1n) is 17.5. The van der Waals surface area contributed by atoms with Crippen molar-refractivity contribution in [3.63, 3.8) is 0 Å². The number of hydrogen-bond acceptors (Lipinski definition) is 14. The monoisotopic (exact) mass is 798 g/mol. The van der Waals surface area contributed by atoms with Gasteiger partial charge in [0.2, 0.25) is 11.5 Å². The van der Waals surface area contributed by atoms with Crippen LogP contribution in [0.2, 0.25) is 0 Å². The van der Waals surface area contributed by atoms with Crippen molar-refractivity contribution in [3.8, 4) is 11.5 Å². The summed E-state index contributed by atoms with van der Waals surface area (Å²) in [7, 11) is -6.96. The normalized spacial score (nSPS) is 17.3. The Labute approximate surface area is 317 Å². The van der Waals surface area contributed by atoms with Crippen LogP contribution in [0.1, 0.15) is 83.6 Å². The number of nitrogens with zero attached hydrogens (tertiary/aromatic N) is 4. The van der Waals surface area contributed by atoms with Crippen LogP contribution in [-0.2, 0) is 60.2 Å². The number of rotatable bonds is 10. The summed E-state index contributed by atoms with van der Waals surface area (Å²) >= 11 is 0. The van der Waals surface area contributed by atoms with Crippen LogP contribution in [0, 0.1) is 0 Å². The van der Waals surface area contributed by atoms with Crippen molar-refractivity contribution in [1.29, 1.82) is 0 Å². The third kappa shape index (κ3) is 8.49. The van der Waals surface area contributed by atoms with Crippen molar-refractivity contribution in [3.05, 3.63) is 116 Å². The first-order chi connectivity index (χ1) is 26.0. The summed E-state index contributed by atoms with van der Waals surface area (Å²) in [5.74, 6) is -2.43. The molecule has 18 heteroatoms. The van der Waals surface area contributed by atoms with Gasteiger partial charge in [-0.3, -0.25) is 18.7 Å². The molecule has 1 atom stereocenters. The van der Waals surface area contributed by atoms with Gasteiger partial charge >= 0.3 is 11.9 Å². The third-order valence-electron chi connectivity index (χ3n) is 9.08. The zero-order chi connectivity index (χ0) is 40.1. The van der Waals surface area contributed by atoms with Crippen LogP contribution in [-0.4, -0.2) is 72.6 Å². The lowest BCUT2D eigenvalue weighted by atomic mass is 10.1. The van der Waals surface area contributed by atoms with Crippen LogP contribution in [0.15, 0.2) is 70.3 Å². The third-order valence-corrected chi connectivity index (χ3v) is 13.6. The predicted octanol–water partition coefficient (Wildman–Crippen LogP) is 3.15. The van der Waals surface area contributed by atoms with Gasteiger partial charge in [0.1, 0.15) is 34.9 Å². The minimum absolute atomic E-state index is 0.0128. The fraction of sp³-hybridized carbons (Fsp3) is 0.405. The van der Waals surface area contributed by atoms with Gasteiger partial charge in [0.05, 0.1) is 24.7 Å². The molecule has 0 radical (unpaired) electrons. The number of carbonyl (C=O) groups is 2. The van der Waals surface area contributed by atoms with Gasteiger partial charge in [-0.15, -0.1) is 0 Å². The average Bonchev–Trinajstić information content (AvgIpc) is 3.15. The van der Waals surface area contributed by atoms with Crippen LogP contribution in [0.4, 0.5) is 0 Å². The Kier molecular flexibility index (Phi) is 12.3. The lowest BCUT2D eigenvalue weighted by Crippen LogP contribution is -2.46. The van der Waals surface area contributed by atoms with E-state index in [4.69, 9.17) is 18.9 Å². The molecule has 0 saturated heterocycles. The molecule has 2 aliphatic rings. The number of hydrogen-bond donors (Lipinski definition) is 0. The summed E-state index contributed by atoms with van der Waals surface area (Å²) in [4.78, 5) is 59.1. The molecule has 4 aromatic rings. The van der Waals surface area contributed by atoms with E-state index in [0.29, 0.717) is 0 Å². The van der Waals surface area contributed by atoms with E-state index in [1.165, 1.54) is 29.9 Å². The predicted molar refractivity (Wildman–Crippen MR) is 199 cm³/mol. The van der Waals surface area contributed by atoms with Crippen LogP contribution in [0.25, 0.3) is 0 Å². The number of benzene rings is 2. The molecule has 2 aromatic carbocycles. The van der Waals surface area contributed by atoms with Crippen molar-refractivity contribution in [2.24, 2.45) is 0 Å². The minimum Gasteiger partial charge on any atom is -0.481 e. The molecule has 0 spiro atoms. The van der Waals surface area contributed by atoms with E-state index in [9.17, 15) is 36.0 Å². The molecule has 6 rings (SSSR count). The van der Waals surface area contributed by atoms with E-state index in [1.54, 1.807) is 13.8 Å². The zero-order valence-corrected chi connectivity index (χ0v) is 32.6. The maximum atomic E-state index is 13.1. The number of aromatic nitrogens is 4. The zero-order valence-electron chi connectivity index (χ0n) is 31.0. The Morgan fingerprint density at radius 1 is 0.727 bits per heavy atom. The van der Waals surface area contributed by atoms with E-state index in [2.05, 4.69) is 9.97 Å². The highest BCUT2D eigenvalue weighted by Gasteiger charge is 2.45. The standard InChI is InChI=1S/C19H22N2O6S.C18H20N2O6S/c1-4-26-17(23)14-15(27-12-13-8-6-5-7-9-13)16(22)21-10-11-28(24,25)19(2,3)18(21)20-14;1-3-25-18(22)14-15(26-11-13-7-5-4-6-8-13)17(21)20-9-10-27(23,24)12(2)16(20)19-14/h5-9H,4,10-12H2,1-3H3;4-8,12H,3,9-11H2,1-2H3. The Hall–Kier alpha value is -5.36. The fourth-order valence-electron chi connectivity index (χ4n) is 5.84. The van der Waals surface area contributed by atoms with Gasteiger partial charge in [-0.1, -0.05) is 60.7 Å². The Morgan fingerprint density at radius 2 is 1.18 bits per heavy atom. The summed E-state index contributed by atoms with van der Waals surface area (Å²) < 4.78 is 71.7. The van der Waals surface area contributed by atoms with E-state index in [1.807, 2.05) is 60.7 Å². The van der Waals surface area contributed by atoms with Gasteiger partial charge < -0.3 is 18.9 Å². The molecule has 2 aromatic heterocycles. The second-order valence-electron chi connectivity index (χ2n) is 13.0. The van der Waals surface area contributed by atoms with Crippen LogP contribution < -0.4 is 20.6 Å². The van der Waals surface area contributed by atoms with Gasteiger partial charge in [0.25, 0.3) is 11.1 Å². The van der Waals surface area contributed by atoms with Crippen molar-refractivity contribution >= 4 is 31.6 Å². The number of carbonyl (C=O) groups excluding carboxylic acids is 2. The molecular weight excluding hydrogens is 757 g/mol. The van der Waals surface area contributed by atoms with E-state index >= 15 is 0 Å². The average molecular weight is 799 g/mol. The molecular formula is C37H42N4O12S2. The second-order valence-corrected chi connectivity index (χ2v) is 18.1. The van der Waals surface area contributed by atoms with Gasteiger partial charge in [0, 0.05) is 13.1 Å². The molecule has 0 saturated carbocycles. The second kappa shape index (κ2) is 16.6. The Balaban J connectivity index is 0.000000211. The summed E-state index contributed by atoms with van der Waals surface area (Å²) in [5.41, 5.74) is -0.160. The molecule has 294 valence electrons. The van der Waals surface area contributed by atoms with E-state index in [0.717, 1.165) is 11.1 Å². The smallest absolute Gasteiger partial charge is 0.361 e. The molecule has 0 aliphatic carbocycles. The van der Waals surface area contributed by atoms with Crippen LogP contribution in [0.3, 0.4) is 0 Å². The highest BCUT2D eigenvalue weighted by atomic mass is 32.2. The lowest BCUT2D eigenvalue weighted by molar-refractivity contribution is 0.0502. The first-order valence-corrected chi connectivity index (χ1v) is 20.8. The van der Waals surface area contributed by atoms with Gasteiger partial charge in [0.15, 0.2) is 31.1 Å². The van der Waals surface area contributed by atoms with Crippen LogP contribution in [0.5, 0.6) is 11.5 Å². The molecule has 1 unspecified atom stereocenters. The molecule has 2 aliphatic heterocycles. The van der Waals surface area contributed by atoms with E-state index < -0.39 is 52.7 Å². The van der Waals surface area contributed by atoms with Crippen LogP contribution >= 0.6 is 0 Å². The quantitative estimate of drug-likeness (QED) is 0.211. The Morgan fingerprint density at radius 3 is 1.67 bits per heavy atom. The van der Waals surface area contributed by atoms with Crippen molar-refractivity contribution in [2.75, 3.05) is 24.7 Å². The van der Waals surface area contributed by atoms with Gasteiger partial charge in [-0.25, -0.2) is 36.4 Å². The number of sulfone groups is 2. The van der Waals surface area contributed by atoms with Crippen molar-refractivity contribution < 1.29 is 45.4 Å². The fourth-order valence-corrected chi connectivity index (χ4v) is 8.50. The highest BCUT2D eigenvalue weighted by Crippen LogP contribution is 2.33. The van der Waals surface area contributed by atoms with Gasteiger partial charge in [-0.2, -0.15) is 0 Å². The summed E-state index contributed by atoms with van der Waals surface area (Å²) in [6, 6.07) is 18.3. The molecule has 55 heavy (non-hydrogen) atoms. The first kappa shape index (κ1) is 40.8. The van der Waals surface area contributed by atoms with Crippen molar-refractivity contribution in [2.45, 2.75) is 70.9 Å². The maximum absolute atomic E-state index is 13.1. The topological polar surface area (TPSA) is 209 Å². The number of esters is 2. The Bertz CT molecular complexity index is 2410. The molecule has 16 nitrogen and oxygen atoms in total. The highest BCUT2D eigenvalue weighted by molar-refractivity contribution is 7.92. The number of ether oxygens (including phenoxy) is 4. The van der Waals surface area contributed by atoms with Gasteiger partial charge in [-0.05, 0) is 45.7 Å². The molecule has 0 amide bonds. The summed E-state index contributed by atoms with van der Waals surface area (Å²) in [5, 5.41) is -0.990. The van der Waals surface area contributed by atoms with Crippen molar-refractivity contribution in [1.82, 2.24) is 19.1 Å². The molecule has 0 fully saturated rings.